The highest BCUT2D eigenvalue weighted by molar-refractivity contribution is 7.89. The van der Waals surface area contributed by atoms with Crippen molar-refractivity contribution in [1.82, 2.24) is 4.72 Å². The van der Waals surface area contributed by atoms with Gasteiger partial charge in [-0.3, -0.25) is 0 Å². The lowest BCUT2D eigenvalue weighted by Crippen LogP contribution is -2.43. The first-order valence-corrected chi connectivity index (χ1v) is 8.73. The van der Waals surface area contributed by atoms with E-state index in [4.69, 9.17) is 11.6 Å². The smallest absolute Gasteiger partial charge is 0.212 e. The first kappa shape index (κ1) is 15.3. The topological polar surface area (TPSA) is 46.2 Å². The van der Waals surface area contributed by atoms with E-state index in [1.54, 1.807) is 0 Å². The molecule has 1 fully saturated rings. The van der Waals surface area contributed by atoms with E-state index < -0.39 is 10.0 Å². The van der Waals surface area contributed by atoms with Crippen molar-refractivity contribution in [3.05, 3.63) is 0 Å². The van der Waals surface area contributed by atoms with Crippen molar-refractivity contribution in [1.29, 1.82) is 0 Å². The fourth-order valence-corrected chi connectivity index (χ4v) is 4.52. The molecule has 5 heteroatoms. The molecule has 1 N–H and O–H groups in total. The number of nitrogens with one attached hydrogen (secondary N) is 1. The summed E-state index contributed by atoms with van der Waals surface area (Å²) in [6, 6.07) is 0.140. The molecule has 0 aromatic heterocycles. The van der Waals surface area contributed by atoms with Crippen LogP contribution in [0, 0.1) is 11.8 Å². The summed E-state index contributed by atoms with van der Waals surface area (Å²) in [5.41, 5.74) is 0. The van der Waals surface area contributed by atoms with Gasteiger partial charge in [0.25, 0.3) is 0 Å². The van der Waals surface area contributed by atoms with Crippen molar-refractivity contribution >= 4 is 21.6 Å². The van der Waals surface area contributed by atoms with Gasteiger partial charge in [0.05, 0.1) is 5.75 Å². The molecule has 1 aliphatic rings. The number of alkyl halides is 1. The molecule has 0 saturated heterocycles. The van der Waals surface area contributed by atoms with E-state index in [0.29, 0.717) is 11.8 Å². The van der Waals surface area contributed by atoms with Gasteiger partial charge in [-0.15, -0.1) is 11.6 Å². The molecule has 0 heterocycles. The normalized spacial score (nSPS) is 27.9. The van der Waals surface area contributed by atoms with Crippen LogP contribution in [0.4, 0.5) is 0 Å². The average molecular weight is 282 g/mol. The Labute approximate surface area is 110 Å². The summed E-state index contributed by atoms with van der Waals surface area (Å²) in [7, 11) is -3.17. The third-order valence-corrected chi connectivity index (χ3v) is 5.73. The van der Waals surface area contributed by atoms with Gasteiger partial charge in [-0.1, -0.05) is 33.1 Å². The molecule has 1 aliphatic carbocycles. The fourth-order valence-electron chi connectivity index (χ4n) is 2.55. The molecule has 0 amide bonds. The second kappa shape index (κ2) is 6.95. The zero-order valence-corrected chi connectivity index (χ0v) is 12.4. The maximum atomic E-state index is 12.0. The summed E-state index contributed by atoms with van der Waals surface area (Å²) in [4.78, 5) is 0. The molecular formula is C12H24ClNO2S. The highest BCUT2D eigenvalue weighted by atomic mass is 35.5. The molecule has 3 atom stereocenters. The van der Waals surface area contributed by atoms with Gasteiger partial charge in [-0.25, -0.2) is 13.1 Å². The maximum absolute atomic E-state index is 12.0. The third-order valence-electron chi connectivity index (χ3n) is 3.53. The van der Waals surface area contributed by atoms with Crippen molar-refractivity contribution in [2.75, 3.05) is 11.6 Å². The fraction of sp³-hybridized carbons (Fsp3) is 1.00. The lowest BCUT2D eigenvalue weighted by molar-refractivity contribution is 0.282. The van der Waals surface area contributed by atoms with Crippen LogP contribution in [0.3, 0.4) is 0 Å². The lowest BCUT2D eigenvalue weighted by atomic mass is 9.83. The van der Waals surface area contributed by atoms with Gasteiger partial charge < -0.3 is 0 Å². The Kier molecular flexibility index (Phi) is 6.24. The predicted molar refractivity (Wildman–Crippen MR) is 72.8 cm³/mol. The summed E-state index contributed by atoms with van der Waals surface area (Å²) in [6.07, 6.45) is 5.55. The standard InChI is InChI=1S/C12H24ClNO2S/c1-3-11-6-4-5-7-12(11)14-17(15,16)9-10(2)8-13/h10-12,14H,3-9H2,1-2H3. The third kappa shape index (κ3) is 5.14. The summed E-state index contributed by atoms with van der Waals surface area (Å²) >= 11 is 5.66. The van der Waals surface area contributed by atoms with Crippen LogP contribution in [0.25, 0.3) is 0 Å². The summed E-state index contributed by atoms with van der Waals surface area (Å²) in [6.45, 7) is 4.00. The van der Waals surface area contributed by atoms with Crippen LogP contribution in [0.1, 0.15) is 46.0 Å². The van der Waals surface area contributed by atoms with E-state index in [1.165, 1.54) is 6.42 Å². The minimum absolute atomic E-state index is 0.0119. The minimum atomic E-state index is -3.17. The highest BCUT2D eigenvalue weighted by Gasteiger charge is 2.28. The van der Waals surface area contributed by atoms with Crippen molar-refractivity contribution in [3.8, 4) is 0 Å². The van der Waals surface area contributed by atoms with E-state index in [1.807, 2.05) is 6.92 Å². The number of rotatable bonds is 6. The zero-order chi connectivity index (χ0) is 12.9. The molecule has 1 rings (SSSR count). The molecule has 0 bridgehead atoms. The van der Waals surface area contributed by atoms with E-state index in [2.05, 4.69) is 11.6 Å². The lowest BCUT2D eigenvalue weighted by Gasteiger charge is -2.31. The molecule has 17 heavy (non-hydrogen) atoms. The first-order chi connectivity index (χ1) is 7.98. The Morgan fingerprint density at radius 3 is 2.59 bits per heavy atom. The second-order valence-electron chi connectivity index (χ2n) is 5.22. The Bertz CT molecular complexity index is 318. The first-order valence-electron chi connectivity index (χ1n) is 6.54. The van der Waals surface area contributed by atoms with Gasteiger partial charge >= 0.3 is 0 Å². The zero-order valence-electron chi connectivity index (χ0n) is 10.8. The predicted octanol–water partition coefficient (Wildman–Crippen LogP) is 2.75. The molecular weight excluding hydrogens is 258 g/mol. The Hall–Kier alpha value is 0.200. The monoisotopic (exact) mass is 281 g/mol. The van der Waals surface area contributed by atoms with Crippen LogP contribution >= 0.6 is 11.6 Å². The van der Waals surface area contributed by atoms with Crippen molar-refractivity contribution < 1.29 is 8.42 Å². The molecule has 0 spiro atoms. The van der Waals surface area contributed by atoms with Gasteiger partial charge in [0, 0.05) is 11.9 Å². The molecule has 3 nitrogen and oxygen atoms in total. The van der Waals surface area contributed by atoms with E-state index in [0.717, 1.165) is 25.7 Å². The van der Waals surface area contributed by atoms with Crippen LogP contribution in [0.5, 0.6) is 0 Å². The van der Waals surface area contributed by atoms with E-state index >= 15 is 0 Å². The SMILES string of the molecule is CCC1CCCCC1NS(=O)(=O)CC(C)CCl. The van der Waals surface area contributed by atoms with Crippen molar-refractivity contribution in [2.45, 2.75) is 52.0 Å². The average Bonchev–Trinajstić information content (AvgIpc) is 2.28. The molecule has 0 radical (unpaired) electrons. The molecule has 0 aromatic carbocycles. The van der Waals surface area contributed by atoms with Crippen LogP contribution in [0.2, 0.25) is 0 Å². The van der Waals surface area contributed by atoms with Crippen LogP contribution in [-0.4, -0.2) is 26.1 Å². The Morgan fingerprint density at radius 1 is 1.35 bits per heavy atom. The summed E-state index contributed by atoms with van der Waals surface area (Å²) < 4.78 is 26.8. The maximum Gasteiger partial charge on any atom is 0.212 e. The molecule has 3 unspecified atom stereocenters. The van der Waals surface area contributed by atoms with Crippen LogP contribution in [0.15, 0.2) is 0 Å². The van der Waals surface area contributed by atoms with E-state index in [-0.39, 0.29) is 17.7 Å². The summed E-state index contributed by atoms with van der Waals surface area (Å²) in [5, 5.41) is 0. The van der Waals surface area contributed by atoms with Crippen LogP contribution in [-0.2, 0) is 10.0 Å². The van der Waals surface area contributed by atoms with Gasteiger partial charge in [0.1, 0.15) is 0 Å². The van der Waals surface area contributed by atoms with Crippen molar-refractivity contribution in [2.24, 2.45) is 11.8 Å². The number of hydrogen-bond donors (Lipinski definition) is 1. The molecule has 1 saturated carbocycles. The van der Waals surface area contributed by atoms with Gasteiger partial charge in [0.15, 0.2) is 0 Å². The Morgan fingerprint density at radius 2 is 2.00 bits per heavy atom. The molecule has 102 valence electrons. The largest absolute Gasteiger partial charge is 0.212 e. The van der Waals surface area contributed by atoms with Gasteiger partial charge in [-0.2, -0.15) is 0 Å². The molecule has 0 aromatic rings. The Balaban J connectivity index is 2.56. The number of sulfonamides is 1. The quantitative estimate of drug-likeness (QED) is 0.761. The van der Waals surface area contributed by atoms with E-state index in [9.17, 15) is 8.42 Å². The van der Waals surface area contributed by atoms with Crippen molar-refractivity contribution in [3.63, 3.8) is 0 Å². The van der Waals surface area contributed by atoms with Gasteiger partial charge in [-0.05, 0) is 24.7 Å². The minimum Gasteiger partial charge on any atom is -0.212 e. The van der Waals surface area contributed by atoms with Crippen LogP contribution < -0.4 is 4.72 Å². The number of hydrogen-bond acceptors (Lipinski definition) is 2. The molecule has 0 aliphatic heterocycles. The van der Waals surface area contributed by atoms with Gasteiger partial charge in [0.2, 0.25) is 10.0 Å². The second-order valence-corrected chi connectivity index (χ2v) is 7.33. The number of halogens is 1. The highest BCUT2D eigenvalue weighted by Crippen LogP contribution is 2.27. The summed E-state index contributed by atoms with van der Waals surface area (Å²) in [5.74, 6) is 1.05.